The van der Waals surface area contributed by atoms with Gasteiger partial charge >= 0.3 is 6.03 Å². The lowest BCUT2D eigenvalue weighted by Crippen LogP contribution is -2.32. The molecule has 1 aliphatic heterocycles. The van der Waals surface area contributed by atoms with E-state index in [-0.39, 0.29) is 23.2 Å². The van der Waals surface area contributed by atoms with Crippen LogP contribution in [-0.4, -0.2) is 27.9 Å². The van der Waals surface area contributed by atoms with Crippen LogP contribution in [0.15, 0.2) is 30.5 Å². The summed E-state index contributed by atoms with van der Waals surface area (Å²) in [6.45, 7) is 15.1. The van der Waals surface area contributed by atoms with E-state index in [1.807, 2.05) is 27.7 Å². The van der Waals surface area contributed by atoms with Crippen LogP contribution in [0.1, 0.15) is 39.7 Å². The minimum Gasteiger partial charge on any atom is -0.439 e. The summed E-state index contributed by atoms with van der Waals surface area (Å²) in [7, 11) is 0. The number of carbonyl (C=O) groups excluding carboxylic acids is 2. The third-order valence-corrected chi connectivity index (χ3v) is 4.36. The number of benzene rings is 1. The highest BCUT2D eigenvalue weighted by molar-refractivity contribution is 6.20. The van der Waals surface area contributed by atoms with Crippen molar-refractivity contribution >= 4 is 23.6 Å². The molecule has 0 saturated carbocycles. The monoisotopic (exact) mass is 379 g/mol. The number of aromatic nitrogens is 2. The van der Waals surface area contributed by atoms with Crippen molar-refractivity contribution in [1.82, 2.24) is 15.3 Å². The number of hydrogen-bond donors (Lipinski definition) is 1. The van der Waals surface area contributed by atoms with Gasteiger partial charge in [-0.2, -0.15) is 9.88 Å². The number of ether oxygens (including phenoxy) is 1. The van der Waals surface area contributed by atoms with Crippen LogP contribution in [-0.2, 0) is 10.2 Å². The van der Waals surface area contributed by atoms with Crippen molar-refractivity contribution in [3.8, 4) is 11.6 Å². The Balaban J connectivity index is 1.94. The number of urea groups is 1. The molecule has 1 aliphatic rings. The molecule has 8 nitrogen and oxygen atoms in total. The van der Waals surface area contributed by atoms with Crippen molar-refractivity contribution in [2.45, 2.75) is 45.6 Å². The molecule has 1 saturated heterocycles. The first-order valence-corrected chi connectivity index (χ1v) is 8.92. The Kier molecular flexibility index (Phi) is 5.01. The molecular weight excluding hydrogens is 358 g/mol. The van der Waals surface area contributed by atoms with E-state index >= 15 is 0 Å². The lowest BCUT2D eigenvalue weighted by molar-refractivity contribution is -0.118. The molecule has 3 amide bonds. The number of amides is 3. The first kappa shape index (κ1) is 19.3. The maximum absolute atomic E-state index is 12.4. The number of nitrogens with zero attached hydrogens (tertiary/aromatic N) is 4. The summed E-state index contributed by atoms with van der Waals surface area (Å²) >= 11 is 0. The van der Waals surface area contributed by atoms with Gasteiger partial charge in [0, 0.05) is 12.3 Å². The topological polar surface area (TPSA) is 88.8 Å². The highest BCUT2D eigenvalue weighted by Gasteiger charge is 2.39. The van der Waals surface area contributed by atoms with Crippen molar-refractivity contribution in [3.63, 3.8) is 0 Å². The average Bonchev–Trinajstić information content (AvgIpc) is 2.95. The Hall–Kier alpha value is -3.47. The van der Waals surface area contributed by atoms with Crippen molar-refractivity contribution in [2.24, 2.45) is 0 Å². The fourth-order valence-corrected chi connectivity index (χ4v) is 2.87. The van der Waals surface area contributed by atoms with Crippen LogP contribution in [0.3, 0.4) is 0 Å². The second-order valence-electron chi connectivity index (χ2n) is 7.42. The van der Waals surface area contributed by atoms with E-state index in [2.05, 4.69) is 20.1 Å². The number of hydrogen-bond acceptors (Lipinski definition) is 5. The Bertz CT molecular complexity index is 975. The highest BCUT2D eigenvalue weighted by Crippen LogP contribution is 2.36. The number of carbonyl (C=O) groups is 2. The molecule has 2 heterocycles. The van der Waals surface area contributed by atoms with Crippen molar-refractivity contribution < 1.29 is 14.3 Å². The van der Waals surface area contributed by atoms with Gasteiger partial charge in [0.1, 0.15) is 11.8 Å². The molecule has 0 unspecified atom stereocenters. The van der Waals surface area contributed by atoms with Crippen LogP contribution in [0.25, 0.3) is 4.85 Å². The predicted molar refractivity (Wildman–Crippen MR) is 104 cm³/mol. The zero-order valence-corrected chi connectivity index (χ0v) is 16.2. The van der Waals surface area contributed by atoms with E-state index in [0.717, 1.165) is 10.5 Å². The number of anilines is 1. The van der Waals surface area contributed by atoms with Gasteiger partial charge in [0.05, 0.1) is 6.57 Å². The highest BCUT2D eigenvalue weighted by atomic mass is 16.5. The minimum absolute atomic E-state index is 0.0361. The minimum atomic E-state index is -0.575. The Morgan fingerprint density at radius 1 is 1.29 bits per heavy atom. The lowest BCUT2D eigenvalue weighted by atomic mass is 9.86. The van der Waals surface area contributed by atoms with Gasteiger partial charge in [0.25, 0.3) is 5.91 Å². The summed E-state index contributed by atoms with van der Waals surface area (Å²) in [5, 5.41) is 2.60. The number of rotatable bonds is 4. The molecule has 8 heteroatoms. The molecule has 1 atom stereocenters. The molecule has 1 aromatic carbocycles. The molecule has 0 radical (unpaired) electrons. The molecule has 2 aromatic rings. The summed E-state index contributed by atoms with van der Waals surface area (Å²) in [6, 6.07) is 5.60. The largest absolute Gasteiger partial charge is 0.439 e. The smallest absolute Gasteiger partial charge is 0.331 e. The van der Waals surface area contributed by atoms with Crippen LogP contribution in [0.2, 0.25) is 0 Å². The Morgan fingerprint density at radius 3 is 2.64 bits per heavy atom. The molecule has 144 valence electrons. The summed E-state index contributed by atoms with van der Waals surface area (Å²) in [5.74, 6) is 0.326. The summed E-state index contributed by atoms with van der Waals surface area (Å²) < 4.78 is 5.94. The van der Waals surface area contributed by atoms with Gasteiger partial charge in [0.2, 0.25) is 11.8 Å². The molecule has 1 aromatic heterocycles. The van der Waals surface area contributed by atoms with E-state index < -0.39 is 12.1 Å². The molecule has 0 bridgehead atoms. The first-order chi connectivity index (χ1) is 13.2. The molecular formula is C20H21N5O3. The van der Waals surface area contributed by atoms with Crippen molar-refractivity contribution in [3.05, 3.63) is 47.4 Å². The Labute approximate surface area is 163 Å². The van der Waals surface area contributed by atoms with E-state index in [1.165, 1.54) is 6.20 Å². The van der Waals surface area contributed by atoms with Gasteiger partial charge in [-0.25, -0.2) is 14.6 Å². The molecule has 0 spiro atoms. The molecule has 1 N–H and O–H groups in total. The van der Waals surface area contributed by atoms with Gasteiger partial charge in [-0.1, -0.05) is 33.8 Å². The van der Waals surface area contributed by atoms with Crippen LogP contribution in [0.5, 0.6) is 11.6 Å². The van der Waals surface area contributed by atoms with Crippen LogP contribution < -0.4 is 15.0 Å². The summed E-state index contributed by atoms with van der Waals surface area (Å²) in [5.41, 5.74) is 1.11. The fourth-order valence-electron chi connectivity index (χ4n) is 2.87. The second-order valence-corrected chi connectivity index (χ2v) is 7.42. The number of imide groups is 1. The zero-order chi connectivity index (χ0) is 20.5. The summed E-state index contributed by atoms with van der Waals surface area (Å²) in [4.78, 5) is 37.2. The summed E-state index contributed by atoms with van der Waals surface area (Å²) in [6.07, 6.45) is 1.92. The SMILES string of the molecule is [C-]#[N+]c1ccc(Oc2ccnc(N3C(=O)N[C@H](CC)C3=O)n2)c(C(C)(C)C)c1. The van der Waals surface area contributed by atoms with Crippen LogP contribution >= 0.6 is 0 Å². The van der Waals surface area contributed by atoms with Gasteiger partial charge in [-0.3, -0.25) is 4.79 Å². The first-order valence-electron chi connectivity index (χ1n) is 8.92. The molecule has 1 fully saturated rings. The van der Waals surface area contributed by atoms with Crippen LogP contribution in [0, 0.1) is 6.57 Å². The molecule has 0 aliphatic carbocycles. The van der Waals surface area contributed by atoms with Crippen LogP contribution in [0.4, 0.5) is 16.4 Å². The fraction of sp³-hybridized carbons (Fsp3) is 0.350. The molecule has 28 heavy (non-hydrogen) atoms. The Morgan fingerprint density at radius 2 is 2.04 bits per heavy atom. The standard InChI is InChI=1S/C20H21N5O3/c1-6-14-17(26)25(19(27)23-14)18-22-10-9-16(24-18)28-15-8-7-12(21-5)11-13(15)20(2,3)4/h7-11,14H,6H2,1-4H3,(H,23,27)/t14-/m1/s1. The zero-order valence-electron chi connectivity index (χ0n) is 16.2. The van der Waals surface area contributed by atoms with E-state index in [0.29, 0.717) is 17.9 Å². The van der Waals surface area contributed by atoms with Gasteiger partial charge in [-0.15, -0.1) is 0 Å². The number of nitrogens with one attached hydrogen (secondary N) is 1. The van der Waals surface area contributed by atoms with Crippen molar-refractivity contribution in [2.75, 3.05) is 4.90 Å². The third-order valence-electron chi connectivity index (χ3n) is 4.36. The van der Waals surface area contributed by atoms with E-state index in [9.17, 15) is 9.59 Å². The van der Waals surface area contributed by atoms with Gasteiger partial charge in [0.15, 0.2) is 5.69 Å². The second kappa shape index (κ2) is 7.27. The van der Waals surface area contributed by atoms with E-state index in [4.69, 9.17) is 11.3 Å². The predicted octanol–water partition coefficient (Wildman–Crippen LogP) is 3.95. The van der Waals surface area contributed by atoms with Gasteiger partial charge in [-0.05, 0) is 29.5 Å². The quantitative estimate of drug-likeness (QED) is 0.642. The maximum Gasteiger partial charge on any atom is 0.331 e. The van der Waals surface area contributed by atoms with Gasteiger partial charge < -0.3 is 10.1 Å². The normalized spacial score (nSPS) is 16.7. The average molecular weight is 379 g/mol. The maximum atomic E-state index is 12.4. The lowest BCUT2D eigenvalue weighted by Gasteiger charge is -2.23. The van der Waals surface area contributed by atoms with E-state index in [1.54, 1.807) is 24.3 Å². The van der Waals surface area contributed by atoms with Crippen molar-refractivity contribution in [1.29, 1.82) is 0 Å². The molecule has 3 rings (SSSR count). The third kappa shape index (κ3) is 3.64.